The number of nitrogens with zero attached hydrogens (tertiary/aromatic N) is 3. The topological polar surface area (TPSA) is 53.1 Å². The normalized spacial score (nSPS) is 23.3. The molecule has 36 heavy (non-hydrogen) atoms. The standard InChI is InChI=1S/C29H29N3O3S/c1-3-35-24-14-12-23(13-15-24)32-27(33)20(2)36-29(32)25-10-6-7-11-26(25)31(28(29)34)19-30-17-16-21-8-4-5-9-22(21)18-30/h4-15,20H,3,16-19H2,1-2H3/t20-,29+/m1/s1. The number of anilines is 2. The molecule has 3 aliphatic rings. The highest BCUT2D eigenvalue weighted by Crippen LogP contribution is 2.57. The van der Waals surface area contributed by atoms with Gasteiger partial charge in [-0.1, -0.05) is 42.5 Å². The fourth-order valence-corrected chi connectivity index (χ4v) is 7.14. The van der Waals surface area contributed by atoms with Gasteiger partial charge in [-0.25, -0.2) is 0 Å². The highest BCUT2D eigenvalue weighted by molar-refractivity contribution is 8.03. The Hall–Kier alpha value is -3.29. The lowest BCUT2D eigenvalue weighted by atomic mass is 10.0. The molecule has 2 atom stereocenters. The van der Waals surface area contributed by atoms with E-state index >= 15 is 0 Å². The van der Waals surface area contributed by atoms with E-state index in [4.69, 9.17) is 4.74 Å². The number of carbonyl (C=O) groups is 2. The number of benzene rings is 3. The SMILES string of the molecule is CCOc1ccc(N2C(=O)[C@@H](C)S[C@@]23C(=O)N(CN2CCc4ccccc4C2)c2ccccc23)cc1. The number of rotatable bonds is 5. The molecule has 3 heterocycles. The molecule has 6 nitrogen and oxygen atoms in total. The van der Waals surface area contributed by atoms with Crippen LogP contribution >= 0.6 is 11.8 Å². The fraction of sp³-hybridized carbons (Fsp3) is 0.310. The van der Waals surface area contributed by atoms with E-state index < -0.39 is 4.87 Å². The molecule has 0 bridgehead atoms. The summed E-state index contributed by atoms with van der Waals surface area (Å²) >= 11 is 1.44. The molecule has 3 aliphatic heterocycles. The van der Waals surface area contributed by atoms with Gasteiger partial charge in [0.05, 0.1) is 24.2 Å². The first kappa shape index (κ1) is 23.1. The number of thioether (sulfide) groups is 1. The van der Waals surface area contributed by atoms with Gasteiger partial charge in [0.15, 0.2) is 0 Å². The molecule has 1 spiro atoms. The fourth-order valence-electron chi connectivity index (χ4n) is 5.61. The van der Waals surface area contributed by atoms with E-state index in [1.165, 1.54) is 22.9 Å². The van der Waals surface area contributed by atoms with Crippen molar-refractivity contribution in [1.82, 2.24) is 4.90 Å². The van der Waals surface area contributed by atoms with Gasteiger partial charge in [0.25, 0.3) is 5.91 Å². The van der Waals surface area contributed by atoms with Crippen LogP contribution in [-0.2, 0) is 27.4 Å². The molecule has 0 unspecified atom stereocenters. The lowest BCUT2D eigenvalue weighted by Crippen LogP contribution is -2.52. The van der Waals surface area contributed by atoms with Crippen LogP contribution in [0.5, 0.6) is 5.75 Å². The summed E-state index contributed by atoms with van der Waals surface area (Å²) in [7, 11) is 0. The van der Waals surface area contributed by atoms with Crippen LogP contribution in [-0.4, -0.2) is 41.8 Å². The van der Waals surface area contributed by atoms with Crippen LogP contribution in [0.2, 0.25) is 0 Å². The highest BCUT2D eigenvalue weighted by Gasteiger charge is 2.63. The quantitative estimate of drug-likeness (QED) is 0.506. The van der Waals surface area contributed by atoms with Crippen molar-refractivity contribution in [1.29, 1.82) is 0 Å². The highest BCUT2D eigenvalue weighted by atomic mass is 32.2. The van der Waals surface area contributed by atoms with E-state index in [0.717, 1.165) is 36.5 Å². The van der Waals surface area contributed by atoms with Crippen LogP contribution in [0.25, 0.3) is 0 Å². The van der Waals surface area contributed by atoms with Crippen molar-refractivity contribution >= 4 is 35.0 Å². The summed E-state index contributed by atoms with van der Waals surface area (Å²) in [5.41, 5.74) is 5.16. The summed E-state index contributed by atoms with van der Waals surface area (Å²) in [6.07, 6.45) is 0.966. The van der Waals surface area contributed by atoms with Gasteiger partial charge in [-0.05, 0) is 61.7 Å². The van der Waals surface area contributed by atoms with Gasteiger partial charge in [-0.2, -0.15) is 0 Å². The lowest BCUT2D eigenvalue weighted by molar-refractivity contribution is -0.124. The Bertz CT molecular complexity index is 1330. The average molecular weight is 500 g/mol. The van der Waals surface area contributed by atoms with Crippen molar-refractivity contribution in [3.63, 3.8) is 0 Å². The minimum absolute atomic E-state index is 0.0546. The van der Waals surface area contributed by atoms with Gasteiger partial charge in [0.2, 0.25) is 10.8 Å². The summed E-state index contributed by atoms with van der Waals surface area (Å²) < 4.78 is 5.60. The number of amides is 2. The lowest BCUT2D eigenvalue weighted by Gasteiger charge is -2.35. The number of hydrogen-bond donors (Lipinski definition) is 0. The largest absolute Gasteiger partial charge is 0.494 e. The van der Waals surface area contributed by atoms with Crippen molar-refractivity contribution in [3.05, 3.63) is 89.5 Å². The molecule has 0 aliphatic carbocycles. The van der Waals surface area contributed by atoms with Gasteiger partial charge >= 0.3 is 0 Å². The minimum Gasteiger partial charge on any atom is -0.494 e. The Morgan fingerprint density at radius 2 is 1.69 bits per heavy atom. The van der Waals surface area contributed by atoms with Gasteiger partial charge in [0.1, 0.15) is 5.75 Å². The van der Waals surface area contributed by atoms with E-state index in [1.54, 1.807) is 4.90 Å². The predicted octanol–water partition coefficient (Wildman–Crippen LogP) is 4.77. The number of para-hydroxylation sites is 1. The van der Waals surface area contributed by atoms with Crippen LogP contribution in [0.4, 0.5) is 11.4 Å². The molecule has 184 valence electrons. The van der Waals surface area contributed by atoms with Gasteiger partial charge in [-0.3, -0.25) is 24.3 Å². The van der Waals surface area contributed by atoms with Crippen molar-refractivity contribution in [2.75, 3.05) is 29.6 Å². The van der Waals surface area contributed by atoms with Gasteiger partial charge < -0.3 is 4.74 Å². The van der Waals surface area contributed by atoms with Crippen LogP contribution in [0.3, 0.4) is 0 Å². The van der Waals surface area contributed by atoms with Crippen molar-refractivity contribution in [2.24, 2.45) is 0 Å². The molecular weight excluding hydrogens is 470 g/mol. The van der Waals surface area contributed by atoms with Crippen molar-refractivity contribution < 1.29 is 14.3 Å². The molecule has 1 saturated heterocycles. The molecule has 0 radical (unpaired) electrons. The van der Waals surface area contributed by atoms with Crippen LogP contribution < -0.4 is 14.5 Å². The molecular formula is C29H29N3O3S. The summed E-state index contributed by atoms with van der Waals surface area (Å²) in [6.45, 7) is 6.59. The monoisotopic (exact) mass is 499 g/mol. The summed E-state index contributed by atoms with van der Waals surface area (Å²) in [6, 6.07) is 23.9. The number of carbonyl (C=O) groups excluding carboxylic acids is 2. The van der Waals surface area contributed by atoms with Crippen molar-refractivity contribution in [2.45, 2.75) is 36.9 Å². The molecule has 0 aromatic heterocycles. The van der Waals surface area contributed by atoms with Gasteiger partial charge in [-0.15, -0.1) is 11.8 Å². The third-order valence-corrected chi connectivity index (χ3v) is 8.76. The number of ether oxygens (including phenoxy) is 1. The van der Waals surface area contributed by atoms with Crippen molar-refractivity contribution in [3.8, 4) is 5.75 Å². The first-order valence-corrected chi connectivity index (χ1v) is 13.4. The number of fused-ring (bicyclic) bond motifs is 3. The second-order valence-corrected chi connectivity index (χ2v) is 11.0. The maximum absolute atomic E-state index is 14.4. The third-order valence-electron chi connectivity index (χ3n) is 7.28. The smallest absolute Gasteiger partial charge is 0.269 e. The maximum Gasteiger partial charge on any atom is 0.269 e. The molecule has 1 fully saturated rings. The molecule has 0 saturated carbocycles. The second-order valence-electron chi connectivity index (χ2n) is 9.47. The van der Waals surface area contributed by atoms with Crippen LogP contribution in [0.1, 0.15) is 30.5 Å². The van der Waals surface area contributed by atoms with E-state index in [2.05, 4.69) is 29.2 Å². The van der Waals surface area contributed by atoms with E-state index in [9.17, 15) is 9.59 Å². The molecule has 7 heteroatoms. The number of hydrogen-bond acceptors (Lipinski definition) is 5. The Balaban J connectivity index is 1.38. The van der Waals surface area contributed by atoms with E-state index in [-0.39, 0.29) is 17.1 Å². The van der Waals surface area contributed by atoms with Gasteiger partial charge in [0, 0.05) is 24.3 Å². The maximum atomic E-state index is 14.4. The zero-order chi connectivity index (χ0) is 24.9. The van der Waals surface area contributed by atoms with Crippen LogP contribution in [0, 0.1) is 0 Å². The summed E-state index contributed by atoms with van der Waals surface area (Å²) in [4.78, 5) is 32.8. The molecule has 2 amide bonds. The minimum atomic E-state index is -1.12. The molecule has 6 rings (SSSR count). The first-order valence-electron chi connectivity index (χ1n) is 12.5. The molecule has 3 aromatic carbocycles. The Kier molecular flexibility index (Phi) is 5.77. The zero-order valence-corrected chi connectivity index (χ0v) is 21.3. The second kappa shape index (κ2) is 8.98. The zero-order valence-electron chi connectivity index (χ0n) is 20.5. The third kappa shape index (κ3) is 3.52. The summed E-state index contributed by atoms with van der Waals surface area (Å²) in [5.74, 6) is 0.632. The molecule has 3 aromatic rings. The Morgan fingerprint density at radius 3 is 2.47 bits per heavy atom. The van der Waals surface area contributed by atoms with E-state index in [0.29, 0.717) is 19.0 Å². The first-order chi connectivity index (χ1) is 17.5. The predicted molar refractivity (Wildman–Crippen MR) is 143 cm³/mol. The van der Waals surface area contributed by atoms with E-state index in [1.807, 2.05) is 67.3 Å². The Morgan fingerprint density at radius 1 is 0.972 bits per heavy atom. The van der Waals surface area contributed by atoms with Crippen LogP contribution in [0.15, 0.2) is 72.8 Å². The Labute approximate surface area is 215 Å². The summed E-state index contributed by atoms with van der Waals surface area (Å²) in [5, 5.41) is -0.338. The average Bonchev–Trinajstić information content (AvgIpc) is 3.30. The molecule has 0 N–H and O–H groups in total.